The van der Waals surface area contributed by atoms with Crippen LogP contribution in [0.1, 0.15) is 31.1 Å². The van der Waals surface area contributed by atoms with Crippen molar-refractivity contribution >= 4 is 0 Å². The summed E-state index contributed by atoms with van der Waals surface area (Å²) in [5, 5.41) is 4.01. The summed E-state index contributed by atoms with van der Waals surface area (Å²) in [5.74, 6) is 2.07. The average molecular weight is 244 g/mol. The zero-order valence-corrected chi connectivity index (χ0v) is 10.1. The van der Waals surface area contributed by atoms with Crippen LogP contribution in [0.15, 0.2) is 28.9 Å². The molecule has 5 heteroatoms. The molecule has 0 aliphatic heterocycles. The zero-order chi connectivity index (χ0) is 12.4. The summed E-state index contributed by atoms with van der Waals surface area (Å²) in [6, 6.07) is 5.66. The summed E-state index contributed by atoms with van der Waals surface area (Å²) < 4.78 is 5.38. The van der Waals surface area contributed by atoms with Crippen LogP contribution >= 0.6 is 0 Å². The van der Waals surface area contributed by atoms with E-state index in [1.807, 2.05) is 18.2 Å². The lowest BCUT2D eigenvalue weighted by Gasteiger charge is -2.12. The third-order valence-corrected chi connectivity index (χ3v) is 3.61. The van der Waals surface area contributed by atoms with Crippen molar-refractivity contribution in [1.29, 1.82) is 0 Å². The lowest BCUT2D eigenvalue weighted by atomic mass is 9.96. The molecule has 2 aromatic heterocycles. The van der Waals surface area contributed by atoms with E-state index in [9.17, 15) is 0 Å². The van der Waals surface area contributed by atoms with Gasteiger partial charge in [0.1, 0.15) is 5.69 Å². The van der Waals surface area contributed by atoms with Gasteiger partial charge < -0.3 is 10.3 Å². The van der Waals surface area contributed by atoms with Crippen molar-refractivity contribution in [3.05, 3.63) is 30.3 Å². The second-order valence-corrected chi connectivity index (χ2v) is 4.70. The van der Waals surface area contributed by atoms with Crippen LogP contribution in [0.5, 0.6) is 0 Å². The molecule has 1 aliphatic rings. The summed E-state index contributed by atoms with van der Waals surface area (Å²) in [7, 11) is 0. The molecule has 0 aromatic carbocycles. The molecule has 1 fully saturated rings. The van der Waals surface area contributed by atoms with Gasteiger partial charge in [-0.05, 0) is 37.4 Å². The highest BCUT2D eigenvalue weighted by Crippen LogP contribution is 2.38. The molecule has 0 saturated heterocycles. The van der Waals surface area contributed by atoms with Gasteiger partial charge >= 0.3 is 0 Å². The van der Waals surface area contributed by atoms with Crippen molar-refractivity contribution in [2.45, 2.75) is 25.2 Å². The molecule has 2 unspecified atom stereocenters. The van der Waals surface area contributed by atoms with Gasteiger partial charge in [-0.25, -0.2) is 0 Å². The minimum atomic E-state index is 0.319. The number of aromatic nitrogens is 3. The molecular formula is C13H16N4O. The highest BCUT2D eigenvalue weighted by atomic mass is 16.5. The topological polar surface area (TPSA) is 77.8 Å². The first kappa shape index (κ1) is 11.3. The smallest absolute Gasteiger partial charge is 0.230 e. The molecular weight excluding hydrogens is 228 g/mol. The predicted octanol–water partition coefficient (Wildman–Crippen LogP) is 1.97. The summed E-state index contributed by atoms with van der Waals surface area (Å²) in [4.78, 5) is 8.68. The van der Waals surface area contributed by atoms with Gasteiger partial charge in [0.25, 0.3) is 0 Å². The number of nitrogens with two attached hydrogens (primary N) is 1. The van der Waals surface area contributed by atoms with Crippen molar-refractivity contribution in [1.82, 2.24) is 15.1 Å². The predicted molar refractivity (Wildman–Crippen MR) is 66.7 cm³/mol. The SMILES string of the molecule is NCC1CCCC1c1nc(-c2ccccn2)no1. The van der Waals surface area contributed by atoms with E-state index in [0.29, 0.717) is 30.1 Å². The Bertz CT molecular complexity index is 511. The Morgan fingerprint density at radius 2 is 2.28 bits per heavy atom. The summed E-state index contributed by atoms with van der Waals surface area (Å²) in [6.45, 7) is 0.686. The Balaban J connectivity index is 1.86. The van der Waals surface area contributed by atoms with Crippen LogP contribution in [0, 0.1) is 5.92 Å². The Kier molecular flexibility index (Phi) is 3.06. The fourth-order valence-corrected chi connectivity index (χ4v) is 2.63. The molecule has 3 rings (SSSR count). The minimum Gasteiger partial charge on any atom is -0.339 e. The fourth-order valence-electron chi connectivity index (χ4n) is 2.63. The molecule has 2 N–H and O–H groups in total. The van der Waals surface area contributed by atoms with Crippen LogP contribution in [0.2, 0.25) is 0 Å². The Labute approximate surface area is 105 Å². The lowest BCUT2D eigenvalue weighted by molar-refractivity contribution is 0.326. The van der Waals surface area contributed by atoms with Gasteiger partial charge in [0.05, 0.1) is 0 Å². The Morgan fingerprint density at radius 3 is 3.06 bits per heavy atom. The molecule has 1 aliphatic carbocycles. The summed E-state index contributed by atoms with van der Waals surface area (Å²) in [5.41, 5.74) is 6.52. The van der Waals surface area contributed by atoms with Crippen LogP contribution in [0.4, 0.5) is 0 Å². The van der Waals surface area contributed by atoms with E-state index in [2.05, 4.69) is 15.1 Å². The first-order valence-corrected chi connectivity index (χ1v) is 6.33. The molecule has 1 saturated carbocycles. The standard InChI is InChI=1S/C13H16N4O/c14-8-9-4-3-5-10(9)13-16-12(17-18-13)11-6-1-2-7-15-11/h1-2,6-7,9-10H,3-5,8,14H2. The zero-order valence-electron chi connectivity index (χ0n) is 10.1. The molecule has 5 nitrogen and oxygen atoms in total. The minimum absolute atomic E-state index is 0.319. The Hall–Kier alpha value is -1.75. The highest BCUT2D eigenvalue weighted by molar-refractivity contribution is 5.47. The van der Waals surface area contributed by atoms with E-state index in [1.54, 1.807) is 6.20 Å². The molecule has 94 valence electrons. The van der Waals surface area contributed by atoms with Crippen molar-refractivity contribution in [2.75, 3.05) is 6.54 Å². The average Bonchev–Trinajstić information content (AvgIpc) is 3.08. The van der Waals surface area contributed by atoms with Crippen molar-refractivity contribution < 1.29 is 4.52 Å². The van der Waals surface area contributed by atoms with E-state index < -0.39 is 0 Å². The van der Waals surface area contributed by atoms with Crippen LogP contribution in [-0.2, 0) is 0 Å². The van der Waals surface area contributed by atoms with Gasteiger partial charge in [0.2, 0.25) is 11.7 Å². The van der Waals surface area contributed by atoms with Gasteiger partial charge in [-0.3, -0.25) is 4.98 Å². The first-order valence-electron chi connectivity index (χ1n) is 6.33. The third-order valence-electron chi connectivity index (χ3n) is 3.61. The van der Waals surface area contributed by atoms with E-state index >= 15 is 0 Å². The fraction of sp³-hybridized carbons (Fsp3) is 0.462. The van der Waals surface area contributed by atoms with Gasteiger partial charge in [0, 0.05) is 12.1 Å². The van der Waals surface area contributed by atoms with E-state index in [4.69, 9.17) is 10.3 Å². The molecule has 2 heterocycles. The van der Waals surface area contributed by atoms with Crippen LogP contribution in [-0.4, -0.2) is 21.7 Å². The molecule has 2 atom stereocenters. The number of hydrogen-bond acceptors (Lipinski definition) is 5. The molecule has 0 radical (unpaired) electrons. The number of hydrogen-bond donors (Lipinski definition) is 1. The maximum atomic E-state index is 5.78. The van der Waals surface area contributed by atoms with Gasteiger partial charge in [-0.15, -0.1) is 0 Å². The van der Waals surface area contributed by atoms with Gasteiger partial charge in [-0.1, -0.05) is 17.6 Å². The lowest BCUT2D eigenvalue weighted by Crippen LogP contribution is -2.17. The largest absolute Gasteiger partial charge is 0.339 e. The second-order valence-electron chi connectivity index (χ2n) is 4.70. The van der Waals surface area contributed by atoms with Gasteiger partial charge in [-0.2, -0.15) is 4.98 Å². The summed E-state index contributed by atoms with van der Waals surface area (Å²) >= 11 is 0. The van der Waals surface area contributed by atoms with Crippen LogP contribution in [0.25, 0.3) is 11.5 Å². The Morgan fingerprint density at radius 1 is 1.33 bits per heavy atom. The summed E-state index contributed by atoms with van der Waals surface area (Å²) in [6.07, 6.45) is 5.16. The maximum Gasteiger partial charge on any atom is 0.230 e. The normalized spacial score (nSPS) is 23.4. The highest BCUT2D eigenvalue weighted by Gasteiger charge is 2.32. The van der Waals surface area contributed by atoms with Gasteiger partial charge in [0.15, 0.2) is 0 Å². The second kappa shape index (κ2) is 4.86. The van der Waals surface area contributed by atoms with Crippen LogP contribution in [0.3, 0.4) is 0 Å². The molecule has 18 heavy (non-hydrogen) atoms. The molecule has 0 amide bonds. The van der Waals surface area contributed by atoms with Crippen molar-refractivity contribution in [3.63, 3.8) is 0 Å². The number of rotatable bonds is 3. The molecule has 0 bridgehead atoms. The van der Waals surface area contributed by atoms with E-state index in [0.717, 1.165) is 18.5 Å². The van der Waals surface area contributed by atoms with E-state index in [-0.39, 0.29) is 0 Å². The van der Waals surface area contributed by atoms with Crippen LogP contribution < -0.4 is 5.73 Å². The monoisotopic (exact) mass is 244 g/mol. The quantitative estimate of drug-likeness (QED) is 0.893. The first-order chi connectivity index (χ1) is 8.88. The number of nitrogens with zero attached hydrogens (tertiary/aromatic N) is 3. The third kappa shape index (κ3) is 2.01. The molecule has 2 aromatic rings. The maximum absolute atomic E-state index is 5.78. The van der Waals surface area contributed by atoms with Crippen molar-refractivity contribution in [3.8, 4) is 11.5 Å². The van der Waals surface area contributed by atoms with E-state index in [1.165, 1.54) is 6.42 Å². The van der Waals surface area contributed by atoms with Crippen molar-refractivity contribution in [2.24, 2.45) is 11.7 Å². The molecule has 0 spiro atoms. The number of pyridine rings is 1.